The molecule has 76 valence electrons. The normalized spacial score (nSPS) is 25.6. The van der Waals surface area contributed by atoms with Crippen LogP contribution in [0.25, 0.3) is 0 Å². The van der Waals surface area contributed by atoms with Crippen LogP contribution in [0, 0.1) is 0 Å². The first kappa shape index (κ1) is 9.53. The Hall–Kier alpha value is -1.02. The summed E-state index contributed by atoms with van der Waals surface area (Å²) < 4.78 is 5.17. The molecular formula is C12H16O2. The number of rotatable bonds is 1. The first-order valence-corrected chi connectivity index (χ1v) is 5.03. The van der Waals surface area contributed by atoms with Gasteiger partial charge in [0.05, 0.1) is 12.7 Å². The maximum absolute atomic E-state index is 10.1. The third kappa shape index (κ3) is 1.50. The largest absolute Gasteiger partial charge is 0.497 e. The Morgan fingerprint density at radius 1 is 1.43 bits per heavy atom. The molecule has 0 amide bonds. The molecule has 0 heterocycles. The third-order valence-electron chi connectivity index (χ3n) is 3.00. The van der Waals surface area contributed by atoms with Gasteiger partial charge in [-0.1, -0.05) is 6.07 Å². The van der Waals surface area contributed by atoms with E-state index in [1.54, 1.807) is 7.11 Å². The number of methoxy groups -OCH3 is 1. The van der Waals surface area contributed by atoms with Crippen LogP contribution in [0.5, 0.6) is 5.75 Å². The molecule has 0 fully saturated rings. The van der Waals surface area contributed by atoms with E-state index in [9.17, 15) is 5.11 Å². The number of aryl methyl sites for hydroxylation is 1. The number of aliphatic hydroxyl groups is 1. The second kappa shape index (κ2) is 3.28. The molecule has 1 N–H and O–H groups in total. The molecular weight excluding hydrogens is 176 g/mol. The van der Waals surface area contributed by atoms with Crippen LogP contribution in [-0.4, -0.2) is 12.2 Å². The summed E-state index contributed by atoms with van der Waals surface area (Å²) in [4.78, 5) is 0. The van der Waals surface area contributed by atoms with Gasteiger partial charge >= 0.3 is 0 Å². The molecule has 0 saturated carbocycles. The van der Waals surface area contributed by atoms with Crippen molar-refractivity contribution in [1.82, 2.24) is 0 Å². The van der Waals surface area contributed by atoms with Gasteiger partial charge in [-0.2, -0.15) is 0 Å². The summed E-state index contributed by atoms with van der Waals surface area (Å²) in [5, 5.41) is 10.1. The van der Waals surface area contributed by atoms with Crippen molar-refractivity contribution < 1.29 is 9.84 Å². The number of benzene rings is 1. The zero-order valence-corrected chi connectivity index (χ0v) is 8.71. The van der Waals surface area contributed by atoms with Crippen molar-refractivity contribution in [3.8, 4) is 5.75 Å². The minimum absolute atomic E-state index is 0.653. The van der Waals surface area contributed by atoms with E-state index < -0.39 is 5.60 Å². The first-order chi connectivity index (χ1) is 6.63. The molecule has 1 aromatic rings. The second-order valence-electron chi connectivity index (χ2n) is 4.15. The molecule has 0 aliphatic heterocycles. The molecule has 1 aliphatic rings. The van der Waals surface area contributed by atoms with Crippen LogP contribution < -0.4 is 4.74 Å². The summed E-state index contributed by atoms with van der Waals surface area (Å²) in [7, 11) is 1.67. The van der Waals surface area contributed by atoms with E-state index in [-0.39, 0.29) is 0 Å². The minimum Gasteiger partial charge on any atom is -0.497 e. The Bertz CT molecular complexity index is 342. The molecule has 14 heavy (non-hydrogen) atoms. The van der Waals surface area contributed by atoms with Crippen LogP contribution in [-0.2, 0) is 12.0 Å². The highest BCUT2D eigenvalue weighted by Gasteiger charge is 2.29. The Balaban J connectivity index is 2.46. The highest BCUT2D eigenvalue weighted by molar-refractivity contribution is 5.40. The fourth-order valence-electron chi connectivity index (χ4n) is 2.19. The maximum atomic E-state index is 10.1. The van der Waals surface area contributed by atoms with E-state index in [1.165, 1.54) is 5.56 Å². The Morgan fingerprint density at radius 3 is 2.93 bits per heavy atom. The monoisotopic (exact) mass is 192 g/mol. The van der Waals surface area contributed by atoms with Gasteiger partial charge in [-0.25, -0.2) is 0 Å². The van der Waals surface area contributed by atoms with Crippen molar-refractivity contribution in [2.24, 2.45) is 0 Å². The molecule has 2 nitrogen and oxygen atoms in total. The van der Waals surface area contributed by atoms with Gasteiger partial charge in [0.15, 0.2) is 0 Å². The fraction of sp³-hybridized carbons (Fsp3) is 0.500. The molecule has 0 radical (unpaired) electrons. The lowest BCUT2D eigenvalue weighted by Crippen LogP contribution is -2.26. The topological polar surface area (TPSA) is 29.5 Å². The van der Waals surface area contributed by atoms with E-state index in [0.29, 0.717) is 0 Å². The van der Waals surface area contributed by atoms with Crippen LogP contribution in [0.15, 0.2) is 18.2 Å². The summed E-state index contributed by atoms with van der Waals surface area (Å²) in [6.07, 6.45) is 2.95. The molecule has 0 aromatic heterocycles. The average molecular weight is 192 g/mol. The summed E-state index contributed by atoms with van der Waals surface area (Å²) in [5.74, 6) is 0.876. The van der Waals surface area contributed by atoms with Gasteiger partial charge in [-0.05, 0) is 49.4 Å². The standard InChI is InChI=1S/C12H16O2/c1-12(13)7-3-4-9-8-10(14-2)5-6-11(9)12/h5-6,8,13H,3-4,7H2,1-2H3. The highest BCUT2D eigenvalue weighted by atomic mass is 16.5. The van der Waals surface area contributed by atoms with E-state index in [2.05, 4.69) is 0 Å². The van der Waals surface area contributed by atoms with E-state index in [0.717, 1.165) is 30.6 Å². The minimum atomic E-state index is -0.653. The molecule has 0 bridgehead atoms. The van der Waals surface area contributed by atoms with Gasteiger partial charge in [0.25, 0.3) is 0 Å². The molecule has 0 spiro atoms. The van der Waals surface area contributed by atoms with Crippen molar-refractivity contribution in [2.75, 3.05) is 7.11 Å². The number of hydrogen-bond donors (Lipinski definition) is 1. The van der Waals surface area contributed by atoms with Crippen LogP contribution in [0.3, 0.4) is 0 Å². The SMILES string of the molecule is COc1ccc2c(c1)CCCC2(C)O. The van der Waals surface area contributed by atoms with Crippen LogP contribution in [0.1, 0.15) is 30.9 Å². The van der Waals surface area contributed by atoms with Gasteiger partial charge in [-0.15, -0.1) is 0 Å². The number of hydrogen-bond acceptors (Lipinski definition) is 2. The lowest BCUT2D eigenvalue weighted by molar-refractivity contribution is 0.0386. The highest BCUT2D eigenvalue weighted by Crippen LogP contribution is 2.36. The van der Waals surface area contributed by atoms with Gasteiger partial charge in [0.2, 0.25) is 0 Å². The van der Waals surface area contributed by atoms with Gasteiger partial charge < -0.3 is 9.84 Å². The number of fused-ring (bicyclic) bond motifs is 1. The maximum Gasteiger partial charge on any atom is 0.119 e. The van der Waals surface area contributed by atoms with Crippen molar-refractivity contribution in [3.05, 3.63) is 29.3 Å². The Morgan fingerprint density at radius 2 is 2.21 bits per heavy atom. The lowest BCUT2D eigenvalue weighted by Gasteiger charge is -2.31. The molecule has 2 rings (SSSR count). The predicted molar refractivity (Wildman–Crippen MR) is 55.5 cm³/mol. The summed E-state index contributed by atoms with van der Waals surface area (Å²) in [6, 6.07) is 5.93. The summed E-state index contributed by atoms with van der Waals surface area (Å²) in [6.45, 7) is 1.89. The zero-order chi connectivity index (χ0) is 10.2. The molecule has 2 heteroatoms. The predicted octanol–water partition coefficient (Wildman–Crippen LogP) is 2.24. The van der Waals surface area contributed by atoms with Gasteiger partial charge in [0, 0.05) is 0 Å². The Labute approximate surface area is 84.5 Å². The zero-order valence-electron chi connectivity index (χ0n) is 8.71. The van der Waals surface area contributed by atoms with E-state index in [1.807, 2.05) is 25.1 Å². The van der Waals surface area contributed by atoms with Crippen LogP contribution in [0.4, 0.5) is 0 Å². The molecule has 1 aromatic carbocycles. The number of ether oxygens (including phenoxy) is 1. The van der Waals surface area contributed by atoms with Crippen LogP contribution in [0.2, 0.25) is 0 Å². The smallest absolute Gasteiger partial charge is 0.119 e. The molecule has 0 saturated heterocycles. The van der Waals surface area contributed by atoms with Gasteiger partial charge in [-0.3, -0.25) is 0 Å². The van der Waals surface area contributed by atoms with Crippen molar-refractivity contribution >= 4 is 0 Å². The van der Waals surface area contributed by atoms with Crippen LogP contribution >= 0.6 is 0 Å². The molecule has 1 atom stereocenters. The second-order valence-corrected chi connectivity index (χ2v) is 4.15. The first-order valence-electron chi connectivity index (χ1n) is 5.03. The van der Waals surface area contributed by atoms with Crippen molar-refractivity contribution in [2.45, 2.75) is 31.8 Å². The van der Waals surface area contributed by atoms with Gasteiger partial charge in [0.1, 0.15) is 5.75 Å². The molecule has 1 aliphatic carbocycles. The summed E-state index contributed by atoms with van der Waals surface area (Å²) >= 11 is 0. The molecule has 1 unspecified atom stereocenters. The van der Waals surface area contributed by atoms with E-state index >= 15 is 0 Å². The van der Waals surface area contributed by atoms with Crippen molar-refractivity contribution in [1.29, 1.82) is 0 Å². The lowest BCUT2D eigenvalue weighted by atomic mass is 9.80. The third-order valence-corrected chi connectivity index (χ3v) is 3.00. The fourth-order valence-corrected chi connectivity index (χ4v) is 2.19. The van der Waals surface area contributed by atoms with Crippen molar-refractivity contribution in [3.63, 3.8) is 0 Å². The average Bonchev–Trinajstić information content (AvgIpc) is 2.16. The Kier molecular flexibility index (Phi) is 2.23. The van der Waals surface area contributed by atoms with E-state index in [4.69, 9.17) is 4.74 Å². The quantitative estimate of drug-likeness (QED) is 0.739. The summed E-state index contributed by atoms with van der Waals surface area (Å²) in [5.41, 5.74) is 1.63.